The van der Waals surface area contributed by atoms with Crippen molar-refractivity contribution in [2.75, 3.05) is 18.4 Å². The Morgan fingerprint density at radius 1 is 1.20 bits per heavy atom. The molecule has 3 rings (SSSR count). The monoisotopic (exact) mass is 338 g/mol. The first-order valence-electron chi connectivity index (χ1n) is 8.91. The second-order valence-electron chi connectivity index (χ2n) is 7.16. The van der Waals surface area contributed by atoms with Gasteiger partial charge in [-0.1, -0.05) is 24.6 Å². The van der Waals surface area contributed by atoms with Crippen molar-refractivity contribution < 1.29 is 4.79 Å². The molecule has 0 radical (unpaired) electrons. The van der Waals surface area contributed by atoms with Crippen LogP contribution in [0.5, 0.6) is 0 Å². The molecule has 1 saturated heterocycles. The number of nitrogens with zero attached hydrogens (tertiary/aromatic N) is 3. The van der Waals surface area contributed by atoms with Crippen LogP contribution in [0.2, 0.25) is 0 Å². The molecule has 1 aromatic carbocycles. The normalized spacial score (nSPS) is 17.4. The van der Waals surface area contributed by atoms with Gasteiger partial charge in [-0.3, -0.25) is 4.79 Å². The molecule has 1 fully saturated rings. The second kappa shape index (κ2) is 7.21. The Morgan fingerprint density at radius 3 is 2.72 bits per heavy atom. The van der Waals surface area contributed by atoms with Gasteiger partial charge in [0.25, 0.3) is 5.91 Å². The van der Waals surface area contributed by atoms with E-state index in [9.17, 15) is 4.79 Å². The molecular formula is C20H26N4O. The number of hydrogen-bond donors (Lipinski definition) is 1. The van der Waals surface area contributed by atoms with Gasteiger partial charge in [-0.15, -0.1) is 0 Å². The Hall–Kier alpha value is -2.43. The highest BCUT2D eigenvalue weighted by molar-refractivity contribution is 5.92. The van der Waals surface area contributed by atoms with Crippen LogP contribution in [0, 0.1) is 26.7 Å². The molecule has 1 aliphatic heterocycles. The van der Waals surface area contributed by atoms with Gasteiger partial charge >= 0.3 is 0 Å². The molecule has 0 aliphatic carbocycles. The van der Waals surface area contributed by atoms with Gasteiger partial charge in [0.15, 0.2) is 0 Å². The molecule has 1 N–H and O–H groups in total. The number of rotatable bonds is 3. The molecule has 0 saturated carbocycles. The number of anilines is 2. The van der Waals surface area contributed by atoms with E-state index in [1.54, 1.807) is 6.07 Å². The van der Waals surface area contributed by atoms with Crippen LogP contribution < -0.4 is 5.32 Å². The SMILES string of the molecule is Cc1ccc(Nc2nc(C)cc(C(=O)N3CCCC(C)C3)n2)c(C)c1. The lowest BCUT2D eigenvalue weighted by Crippen LogP contribution is -2.39. The number of likely N-dealkylation sites (tertiary alicyclic amines) is 1. The van der Waals surface area contributed by atoms with Gasteiger partial charge in [0.05, 0.1) is 0 Å². The molecule has 2 heterocycles. The Kier molecular flexibility index (Phi) is 5.02. The smallest absolute Gasteiger partial charge is 0.272 e. The molecular weight excluding hydrogens is 312 g/mol. The summed E-state index contributed by atoms with van der Waals surface area (Å²) in [5.74, 6) is 1.02. The average molecular weight is 338 g/mol. The fraction of sp³-hybridized carbons (Fsp3) is 0.450. The minimum atomic E-state index is 0.000674. The summed E-state index contributed by atoms with van der Waals surface area (Å²) in [5, 5.41) is 3.25. The van der Waals surface area contributed by atoms with Crippen LogP contribution in [-0.4, -0.2) is 33.9 Å². The van der Waals surface area contributed by atoms with E-state index in [1.807, 2.05) is 30.9 Å². The predicted octanol–water partition coefficient (Wildman–Crippen LogP) is 4.02. The van der Waals surface area contributed by atoms with Crippen LogP contribution in [0.1, 0.15) is 47.1 Å². The van der Waals surface area contributed by atoms with Gasteiger partial charge in [0.2, 0.25) is 5.95 Å². The number of hydrogen-bond acceptors (Lipinski definition) is 4. The zero-order valence-electron chi connectivity index (χ0n) is 15.5. The topological polar surface area (TPSA) is 58.1 Å². The molecule has 2 aromatic rings. The standard InChI is InChI=1S/C20H26N4O/c1-13-7-8-17(15(3)10-13)22-20-21-16(4)11-18(23-20)19(25)24-9-5-6-14(2)12-24/h7-8,10-11,14H,5-6,9,12H2,1-4H3,(H,21,22,23). The van der Waals surface area contributed by atoms with E-state index >= 15 is 0 Å². The predicted molar refractivity (Wildman–Crippen MR) is 100 cm³/mol. The molecule has 5 heteroatoms. The summed E-state index contributed by atoms with van der Waals surface area (Å²) < 4.78 is 0. The molecule has 132 valence electrons. The lowest BCUT2D eigenvalue weighted by atomic mass is 10.00. The van der Waals surface area contributed by atoms with Crippen molar-refractivity contribution in [2.24, 2.45) is 5.92 Å². The van der Waals surface area contributed by atoms with E-state index in [1.165, 1.54) is 12.0 Å². The Balaban J connectivity index is 1.83. The molecule has 0 spiro atoms. The summed E-state index contributed by atoms with van der Waals surface area (Å²) in [6.07, 6.45) is 2.25. The number of benzene rings is 1. The van der Waals surface area contributed by atoms with Crippen molar-refractivity contribution in [1.82, 2.24) is 14.9 Å². The number of carbonyl (C=O) groups excluding carboxylic acids is 1. The maximum absolute atomic E-state index is 12.8. The van der Waals surface area contributed by atoms with E-state index in [0.29, 0.717) is 17.6 Å². The van der Waals surface area contributed by atoms with Gasteiger partial charge < -0.3 is 10.2 Å². The third kappa shape index (κ3) is 4.16. The van der Waals surface area contributed by atoms with Gasteiger partial charge in [-0.05, 0) is 57.2 Å². The fourth-order valence-corrected chi connectivity index (χ4v) is 3.34. The summed E-state index contributed by atoms with van der Waals surface area (Å²) in [4.78, 5) is 23.7. The number of carbonyl (C=O) groups is 1. The minimum Gasteiger partial charge on any atom is -0.337 e. The zero-order valence-corrected chi connectivity index (χ0v) is 15.5. The molecule has 1 amide bonds. The molecule has 1 aliphatic rings. The Bertz CT molecular complexity index is 787. The summed E-state index contributed by atoms with van der Waals surface area (Å²) in [7, 11) is 0. The van der Waals surface area contributed by atoms with Crippen molar-refractivity contribution in [3.63, 3.8) is 0 Å². The van der Waals surface area contributed by atoms with Crippen molar-refractivity contribution in [3.8, 4) is 0 Å². The van der Waals surface area contributed by atoms with Gasteiger partial charge in [0, 0.05) is 24.5 Å². The van der Waals surface area contributed by atoms with Crippen molar-refractivity contribution in [3.05, 3.63) is 46.8 Å². The van der Waals surface area contributed by atoms with Crippen LogP contribution in [0.15, 0.2) is 24.3 Å². The number of nitrogens with one attached hydrogen (secondary N) is 1. The maximum Gasteiger partial charge on any atom is 0.272 e. The lowest BCUT2D eigenvalue weighted by molar-refractivity contribution is 0.0677. The first kappa shape index (κ1) is 17.4. The number of piperidine rings is 1. The van der Waals surface area contributed by atoms with Crippen LogP contribution in [0.4, 0.5) is 11.6 Å². The van der Waals surface area contributed by atoms with E-state index in [4.69, 9.17) is 0 Å². The average Bonchev–Trinajstić information content (AvgIpc) is 2.56. The molecule has 1 aromatic heterocycles. The highest BCUT2D eigenvalue weighted by atomic mass is 16.2. The molecule has 1 unspecified atom stereocenters. The van der Waals surface area contributed by atoms with Crippen molar-refractivity contribution in [2.45, 2.75) is 40.5 Å². The van der Waals surface area contributed by atoms with E-state index in [2.05, 4.69) is 35.2 Å². The first-order chi connectivity index (χ1) is 11.9. The molecule has 25 heavy (non-hydrogen) atoms. The maximum atomic E-state index is 12.8. The van der Waals surface area contributed by atoms with E-state index in [0.717, 1.165) is 36.5 Å². The van der Waals surface area contributed by atoms with Crippen LogP contribution >= 0.6 is 0 Å². The Morgan fingerprint density at radius 2 is 2.00 bits per heavy atom. The van der Waals surface area contributed by atoms with Crippen LogP contribution in [0.25, 0.3) is 0 Å². The number of aromatic nitrogens is 2. The zero-order chi connectivity index (χ0) is 18.0. The molecule has 0 bridgehead atoms. The van der Waals surface area contributed by atoms with Gasteiger partial charge in [-0.2, -0.15) is 0 Å². The second-order valence-corrected chi connectivity index (χ2v) is 7.16. The summed E-state index contributed by atoms with van der Waals surface area (Å²) in [6.45, 7) is 9.82. The summed E-state index contributed by atoms with van der Waals surface area (Å²) >= 11 is 0. The molecule has 5 nitrogen and oxygen atoms in total. The van der Waals surface area contributed by atoms with Crippen molar-refractivity contribution in [1.29, 1.82) is 0 Å². The summed E-state index contributed by atoms with van der Waals surface area (Å²) in [6, 6.07) is 7.95. The number of amides is 1. The highest BCUT2D eigenvalue weighted by Gasteiger charge is 2.23. The van der Waals surface area contributed by atoms with Gasteiger partial charge in [-0.25, -0.2) is 9.97 Å². The van der Waals surface area contributed by atoms with Gasteiger partial charge in [0.1, 0.15) is 5.69 Å². The minimum absolute atomic E-state index is 0.000674. The van der Waals surface area contributed by atoms with E-state index < -0.39 is 0 Å². The largest absolute Gasteiger partial charge is 0.337 e. The summed E-state index contributed by atoms with van der Waals surface area (Å²) in [5.41, 5.74) is 4.55. The fourth-order valence-electron chi connectivity index (χ4n) is 3.34. The van der Waals surface area contributed by atoms with Crippen molar-refractivity contribution >= 4 is 17.5 Å². The quantitative estimate of drug-likeness (QED) is 0.918. The van der Waals surface area contributed by atoms with Crippen LogP contribution in [0.3, 0.4) is 0 Å². The third-order valence-electron chi connectivity index (χ3n) is 4.65. The van der Waals surface area contributed by atoms with Crippen LogP contribution in [-0.2, 0) is 0 Å². The third-order valence-corrected chi connectivity index (χ3v) is 4.65. The number of aryl methyl sites for hydroxylation is 3. The molecule has 1 atom stereocenters. The van der Waals surface area contributed by atoms with E-state index in [-0.39, 0.29) is 5.91 Å². The lowest BCUT2D eigenvalue weighted by Gasteiger charge is -2.30. The Labute approximate surface area is 149 Å². The first-order valence-corrected chi connectivity index (χ1v) is 8.91. The highest BCUT2D eigenvalue weighted by Crippen LogP contribution is 2.21.